The molecule has 1 aliphatic rings. The van der Waals surface area contributed by atoms with Gasteiger partial charge in [-0.2, -0.15) is 0 Å². The third kappa shape index (κ3) is 4.05. The number of hydrogen-bond acceptors (Lipinski definition) is 3. The van der Waals surface area contributed by atoms with Gasteiger partial charge in [-0.1, -0.05) is 6.07 Å². The molecule has 1 aliphatic heterocycles. The Kier molecular flexibility index (Phi) is 5.46. The fourth-order valence-corrected chi connectivity index (χ4v) is 2.05. The summed E-state index contributed by atoms with van der Waals surface area (Å²) in [6.45, 7) is 4.30. The van der Waals surface area contributed by atoms with Crippen molar-refractivity contribution in [1.82, 2.24) is 4.90 Å². The van der Waals surface area contributed by atoms with Gasteiger partial charge in [0.05, 0.1) is 11.1 Å². The normalized spacial score (nSPS) is 13.7. The van der Waals surface area contributed by atoms with Crippen LogP contribution in [0.5, 0.6) is 0 Å². The van der Waals surface area contributed by atoms with Gasteiger partial charge in [0.15, 0.2) is 0 Å². The molecule has 1 saturated heterocycles. The number of hydrogen-bond donors (Lipinski definition) is 2. The van der Waals surface area contributed by atoms with E-state index in [2.05, 4.69) is 0 Å². The van der Waals surface area contributed by atoms with Gasteiger partial charge in [-0.05, 0) is 37.5 Å². The summed E-state index contributed by atoms with van der Waals surface area (Å²) in [5, 5.41) is 17.6. The maximum Gasteiger partial charge on any atom is 0.336 e. The van der Waals surface area contributed by atoms with Crippen molar-refractivity contribution in [3.63, 3.8) is 0 Å². The Morgan fingerprint density at radius 2 is 1.76 bits per heavy atom. The number of benzene rings is 1. The first kappa shape index (κ1) is 16.7. The Bertz CT molecular complexity index is 580. The molecule has 0 bridgehead atoms. The second kappa shape index (κ2) is 6.88. The topological polar surface area (TPSA) is 94.9 Å². The van der Waals surface area contributed by atoms with Crippen LogP contribution >= 0.6 is 0 Å². The van der Waals surface area contributed by atoms with Gasteiger partial charge in [0.2, 0.25) is 5.91 Å². The van der Waals surface area contributed by atoms with E-state index in [-0.39, 0.29) is 11.1 Å². The molecule has 0 spiro atoms. The van der Waals surface area contributed by atoms with E-state index in [9.17, 15) is 14.4 Å². The summed E-state index contributed by atoms with van der Waals surface area (Å²) in [5.41, 5.74) is 0.975. The van der Waals surface area contributed by atoms with Crippen molar-refractivity contribution < 1.29 is 24.6 Å². The summed E-state index contributed by atoms with van der Waals surface area (Å²) < 4.78 is 0. The number of carbonyl (C=O) groups is 3. The average molecular weight is 293 g/mol. The highest BCUT2D eigenvalue weighted by atomic mass is 16.4. The van der Waals surface area contributed by atoms with Crippen molar-refractivity contribution in [1.29, 1.82) is 0 Å². The number of likely N-dealkylation sites (tertiary alicyclic amines) is 1. The second-order valence-electron chi connectivity index (χ2n) is 4.96. The van der Waals surface area contributed by atoms with Crippen molar-refractivity contribution in [3.8, 4) is 0 Å². The van der Waals surface area contributed by atoms with Crippen LogP contribution in [0.2, 0.25) is 0 Å². The largest absolute Gasteiger partial charge is 0.478 e. The first-order chi connectivity index (χ1) is 9.75. The van der Waals surface area contributed by atoms with Crippen LogP contribution in [0.4, 0.5) is 0 Å². The molecule has 21 heavy (non-hydrogen) atoms. The molecular weight excluding hydrogens is 274 g/mol. The summed E-state index contributed by atoms with van der Waals surface area (Å²) in [7, 11) is 1.84. The summed E-state index contributed by atoms with van der Waals surface area (Å²) in [4.78, 5) is 33.8. The van der Waals surface area contributed by atoms with Crippen molar-refractivity contribution in [2.24, 2.45) is 0 Å². The van der Waals surface area contributed by atoms with E-state index in [4.69, 9.17) is 10.2 Å². The highest BCUT2D eigenvalue weighted by molar-refractivity contribution is 6.02. The third-order valence-corrected chi connectivity index (χ3v) is 3.49. The lowest BCUT2D eigenvalue weighted by molar-refractivity contribution is -0.126. The van der Waals surface area contributed by atoms with E-state index in [0.717, 1.165) is 24.9 Å². The van der Waals surface area contributed by atoms with Crippen molar-refractivity contribution in [3.05, 3.63) is 34.4 Å². The van der Waals surface area contributed by atoms with Crippen LogP contribution in [0.15, 0.2) is 12.1 Å². The number of amides is 1. The van der Waals surface area contributed by atoms with Crippen LogP contribution in [0, 0.1) is 13.8 Å². The second-order valence-corrected chi connectivity index (χ2v) is 4.96. The van der Waals surface area contributed by atoms with E-state index >= 15 is 0 Å². The number of carboxylic acids is 2. The van der Waals surface area contributed by atoms with Crippen LogP contribution in [-0.2, 0) is 4.79 Å². The van der Waals surface area contributed by atoms with Crippen molar-refractivity contribution >= 4 is 17.8 Å². The van der Waals surface area contributed by atoms with E-state index in [1.807, 2.05) is 7.05 Å². The van der Waals surface area contributed by atoms with E-state index in [1.165, 1.54) is 6.07 Å². The maximum atomic E-state index is 10.8. The van der Waals surface area contributed by atoms with Crippen LogP contribution in [0.25, 0.3) is 0 Å². The van der Waals surface area contributed by atoms with Gasteiger partial charge in [0, 0.05) is 20.0 Å². The van der Waals surface area contributed by atoms with Crippen LogP contribution in [-0.4, -0.2) is 46.6 Å². The molecule has 1 aromatic carbocycles. The van der Waals surface area contributed by atoms with Gasteiger partial charge < -0.3 is 15.1 Å². The number of aromatic carboxylic acids is 2. The molecule has 1 fully saturated rings. The summed E-state index contributed by atoms with van der Waals surface area (Å²) in [6, 6.07) is 2.92. The van der Waals surface area contributed by atoms with Gasteiger partial charge >= 0.3 is 11.9 Å². The predicted molar refractivity (Wildman–Crippen MR) is 76.7 cm³/mol. The smallest absolute Gasteiger partial charge is 0.336 e. The van der Waals surface area contributed by atoms with Crippen molar-refractivity contribution in [2.45, 2.75) is 26.7 Å². The number of carboxylic acid groups (broad SMARTS) is 2. The third-order valence-electron chi connectivity index (χ3n) is 3.49. The van der Waals surface area contributed by atoms with Gasteiger partial charge in [-0.25, -0.2) is 9.59 Å². The lowest BCUT2D eigenvalue weighted by Gasteiger charge is -2.07. The zero-order valence-electron chi connectivity index (χ0n) is 12.3. The van der Waals surface area contributed by atoms with Crippen molar-refractivity contribution in [2.75, 3.05) is 13.6 Å². The Morgan fingerprint density at radius 3 is 2.10 bits per heavy atom. The van der Waals surface area contributed by atoms with Crippen LogP contribution < -0.4 is 0 Å². The molecule has 0 aliphatic carbocycles. The van der Waals surface area contributed by atoms with Gasteiger partial charge in [0.25, 0.3) is 0 Å². The quantitative estimate of drug-likeness (QED) is 0.869. The fourth-order valence-electron chi connectivity index (χ4n) is 2.05. The SMILES string of the molecule is CN1CCCC1=O.Cc1ccc(C(=O)O)c(C(=O)O)c1C. The van der Waals surface area contributed by atoms with Crippen LogP contribution in [0.1, 0.15) is 44.7 Å². The number of carbonyl (C=O) groups excluding carboxylic acids is 1. The minimum atomic E-state index is -1.22. The van der Waals surface area contributed by atoms with Crippen LogP contribution in [0.3, 0.4) is 0 Å². The Morgan fingerprint density at radius 1 is 1.14 bits per heavy atom. The molecule has 2 rings (SSSR count). The molecule has 1 heterocycles. The first-order valence-electron chi connectivity index (χ1n) is 6.56. The highest BCUT2D eigenvalue weighted by Crippen LogP contribution is 2.18. The molecule has 6 heteroatoms. The molecular formula is C15H19NO5. The minimum Gasteiger partial charge on any atom is -0.478 e. The standard InChI is InChI=1S/C10H10O4.C5H9NO/c1-5-3-4-7(9(11)12)8(6(5)2)10(13)14;1-6-4-2-3-5(6)7/h3-4H,1-2H3,(H,11,12)(H,13,14);2-4H2,1H3. The zero-order valence-corrected chi connectivity index (χ0v) is 12.3. The summed E-state index contributed by atoms with van der Waals surface area (Å²) in [6.07, 6.45) is 1.81. The Labute approximate surface area is 123 Å². The van der Waals surface area contributed by atoms with Gasteiger partial charge in [0.1, 0.15) is 0 Å². The molecule has 1 aromatic rings. The first-order valence-corrected chi connectivity index (χ1v) is 6.56. The molecule has 1 amide bonds. The lowest BCUT2D eigenvalue weighted by Crippen LogP contribution is -2.17. The van der Waals surface area contributed by atoms with Gasteiger partial charge in [-0.15, -0.1) is 0 Å². The molecule has 0 atom stereocenters. The lowest BCUT2D eigenvalue weighted by atomic mass is 9.98. The van der Waals surface area contributed by atoms with E-state index < -0.39 is 11.9 Å². The zero-order chi connectivity index (χ0) is 16.2. The molecule has 0 saturated carbocycles. The number of aryl methyl sites for hydroxylation is 1. The minimum absolute atomic E-state index is 0.127. The fraction of sp³-hybridized carbons (Fsp3) is 0.400. The summed E-state index contributed by atoms with van der Waals surface area (Å²) >= 11 is 0. The number of rotatable bonds is 2. The van der Waals surface area contributed by atoms with E-state index in [1.54, 1.807) is 24.8 Å². The molecule has 0 radical (unpaired) electrons. The van der Waals surface area contributed by atoms with E-state index in [0.29, 0.717) is 11.5 Å². The Balaban J connectivity index is 0.000000262. The molecule has 0 unspecified atom stereocenters. The number of nitrogens with zero attached hydrogens (tertiary/aromatic N) is 1. The Hall–Kier alpha value is -2.37. The monoisotopic (exact) mass is 293 g/mol. The average Bonchev–Trinajstić information content (AvgIpc) is 2.77. The molecule has 6 nitrogen and oxygen atoms in total. The summed E-state index contributed by atoms with van der Waals surface area (Å²) in [5.74, 6) is -2.13. The molecule has 114 valence electrons. The maximum absolute atomic E-state index is 10.8. The molecule has 0 aromatic heterocycles. The molecule has 2 N–H and O–H groups in total. The predicted octanol–water partition coefficient (Wildman–Crippen LogP) is 1.94. The highest BCUT2D eigenvalue weighted by Gasteiger charge is 2.19. The van der Waals surface area contributed by atoms with Gasteiger partial charge in [-0.3, -0.25) is 4.79 Å².